The van der Waals surface area contributed by atoms with E-state index < -0.39 is 12.8 Å². The molecule has 6 nitrogen and oxygen atoms in total. The van der Waals surface area contributed by atoms with Crippen molar-refractivity contribution in [3.05, 3.63) is 11.6 Å². The lowest BCUT2D eigenvalue weighted by Crippen LogP contribution is -2.47. The summed E-state index contributed by atoms with van der Waals surface area (Å²) in [5, 5.41) is 8.18. The van der Waals surface area contributed by atoms with Crippen molar-refractivity contribution in [3.63, 3.8) is 0 Å². The Labute approximate surface area is 127 Å². The Balaban J connectivity index is 1.64. The molecule has 0 aliphatic carbocycles. The van der Waals surface area contributed by atoms with Crippen LogP contribution in [0.4, 0.5) is 13.2 Å². The standard InChI is InChI=1S/C13H22F3N5O/c1-11-17-18-12(19(11)2)9-21-5-3-20(4-6-21)7-8-22-10-13(14,15)16/h3-10H2,1-2H3. The van der Waals surface area contributed by atoms with Crippen molar-refractivity contribution in [3.8, 4) is 0 Å². The molecule has 1 aliphatic heterocycles. The monoisotopic (exact) mass is 321 g/mol. The van der Waals surface area contributed by atoms with Crippen molar-refractivity contribution in [2.75, 3.05) is 45.9 Å². The minimum absolute atomic E-state index is 0.113. The molecule has 0 unspecified atom stereocenters. The molecule has 1 saturated heterocycles. The molecule has 2 rings (SSSR count). The van der Waals surface area contributed by atoms with Crippen LogP contribution >= 0.6 is 0 Å². The maximum atomic E-state index is 12.0. The van der Waals surface area contributed by atoms with E-state index in [-0.39, 0.29) is 6.61 Å². The molecule has 0 atom stereocenters. The number of hydrogen-bond acceptors (Lipinski definition) is 5. The van der Waals surface area contributed by atoms with Gasteiger partial charge in [-0.15, -0.1) is 10.2 Å². The SMILES string of the molecule is Cc1nnc(CN2CCN(CCOCC(F)(F)F)CC2)n1C. The van der Waals surface area contributed by atoms with Crippen molar-refractivity contribution in [2.24, 2.45) is 7.05 Å². The molecule has 2 heterocycles. The minimum atomic E-state index is -4.24. The van der Waals surface area contributed by atoms with Crippen LogP contribution in [0.15, 0.2) is 0 Å². The molecule has 0 amide bonds. The minimum Gasteiger partial charge on any atom is -0.371 e. The number of halogens is 3. The number of rotatable bonds is 6. The van der Waals surface area contributed by atoms with Crippen molar-refractivity contribution in [1.29, 1.82) is 0 Å². The summed E-state index contributed by atoms with van der Waals surface area (Å²) in [7, 11) is 1.94. The van der Waals surface area contributed by atoms with Gasteiger partial charge in [-0.1, -0.05) is 0 Å². The normalized spacial score (nSPS) is 18.0. The maximum absolute atomic E-state index is 12.0. The van der Waals surface area contributed by atoms with E-state index in [4.69, 9.17) is 0 Å². The smallest absolute Gasteiger partial charge is 0.371 e. The number of nitrogens with zero attached hydrogens (tertiary/aromatic N) is 5. The van der Waals surface area contributed by atoms with E-state index in [9.17, 15) is 13.2 Å². The summed E-state index contributed by atoms with van der Waals surface area (Å²) in [5.74, 6) is 1.81. The van der Waals surface area contributed by atoms with Crippen LogP contribution in [0, 0.1) is 6.92 Å². The molecule has 0 radical (unpaired) electrons. The molecule has 0 aromatic carbocycles. The average molecular weight is 321 g/mol. The highest BCUT2D eigenvalue weighted by Crippen LogP contribution is 2.14. The van der Waals surface area contributed by atoms with E-state index in [2.05, 4.69) is 24.7 Å². The van der Waals surface area contributed by atoms with Gasteiger partial charge >= 0.3 is 6.18 Å². The Morgan fingerprint density at radius 1 is 1.09 bits per heavy atom. The van der Waals surface area contributed by atoms with E-state index in [0.717, 1.165) is 44.4 Å². The van der Waals surface area contributed by atoms with E-state index in [0.29, 0.717) is 6.54 Å². The second-order valence-corrected chi connectivity index (χ2v) is 5.51. The first-order valence-electron chi connectivity index (χ1n) is 7.29. The second kappa shape index (κ2) is 7.38. The lowest BCUT2D eigenvalue weighted by molar-refractivity contribution is -0.174. The molecular weight excluding hydrogens is 299 g/mol. The molecule has 0 N–H and O–H groups in total. The predicted octanol–water partition coefficient (Wildman–Crippen LogP) is 0.820. The Bertz CT molecular complexity index is 469. The maximum Gasteiger partial charge on any atom is 0.411 e. The van der Waals surface area contributed by atoms with Crippen LogP contribution < -0.4 is 0 Å². The summed E-state index contributed by atoms with van der Waals surface area (Å²) in [6, 6.07) is 0. The molecule has 126 valence electrons. The van der Waals surface area contributed by atoms with Crippen molar-refractivity contribution in [1.82, 2.24) is 24.6 Å². The zero-order valence-electron chi connectivity index (χ0n) is 12.9. The van der Waals surface area contributed by atoms with E-state index >= 15 is 0 Å². The van der Waals surface area contributed by atoms with Crippen LogP contribution in [-0.4, -0.2) is 76.7 Å². The van der Waals surface area contributed by atoms with Crippen LogP contribution in [0.1, 0.15) is 11.6 Å². The van der Waals surface area contributed by atoms with Crippen molar-refractivity contribution >= 4 is 0 Å². The first kappa shape index (κ1) is 17.2. The van der Waals surface area contributed by atoms with Crippen LogP contribution in [0.5, 0.6) is 0 Å². The molecule has 0 bridgehead atoms. The summed E-state index contributed by atoms with van der Waals surface area (Å²) in [6.07, 6.45) is -4.24. The highest BCUT2D eigenvalue weighted by atomic mass is 19.4. The molecule has 1 aromatic rings. The average Bonchev–Trinajstić information content (AvgIpc) is 2.76. The molecule has 0 spiro atoms. The van der Waals surface area contributed by atoms with Gasteiger partial charge in [0.05, 0.1) is 13.2 Å². The van der Waals surface area contributed by atoms with Gasteiger partial charge < -0.3 is 9.30 Å². The lowest BCUT2D eigenvalue weighted by Gasteiger charge is -2.34. The highest BCUT2D eigenvalue weighted by Gasteiger charge is 2.27. The first-order valence-corrected chi connectivity index (χ1v) is 7.29. The summed E-state index contributed by atoms with van der Waals surface area (Å²) in [6.45, 7) is 5.52. The van der Waals surface area contributed by atoms with E-state index in [1.165, 1.54) is 0 Å². The van der Waals surface area contributed by atoms with E-state index in [1.54, 1.807) is 0 Å². The summed E-state index contributed by atoms with van der Waals surface area (Å²) in [4.78, 5) is 4.39. The Morgan fingerprint density at radius 3 is 2.27 bits per heavy atom. The van der Waals surface area contributed by atoms with Gasteiger partial charge in [-0.3, -0.25) is 9.80 Å². The van der Waals surface area contributed by atoms with Crippen molar-refractivity contribution in [2.45, 2.75) is 19.6 Å². The fourth-order valence-electron chi connectivity index (χ4n) is 2.34. The lowest BCUT2D eigenvalue weighted by atomic mass is 10.3. The van der Waals surface area contributed by atoms with Gasteiger partial charge in [0.2, 0.25) is 0 Å². The molecule has 22 heavy (non-hydrogen) atoms. The summed E-state index contributed by atoms with van der Waals surface area (Å²) in [5.41, 5.74) is 0. The topological polar surface area (TPSA) is 46.4 Å². The Morgan fingerprint density at radius 2 is 1.73 bits per heavy atom. The van der Waals surface area contributed by atoms with Gasteiger partial charge in [0, 0.05) is 39.8 Å². The molecule has 1 aliphatic rings. The van der Waals surface area contributed by atoms with Crippen LogP contribution in [0.2, 0.25) is 0 Å². The third kappa shape index (κ3) is 5.22. The fourth-order valence-corrected chi connectivity index (χ4v) is 2.34. The zero-order chi connectivity index (χ0) is 16.2. The predicted molar refractivity (Wildman–Crippen MR) is 74.3 cm³/mol. The first-order chi connectivity index (χ1) is 10.3. The van der Waals surface area contributed by atoms with Gasteiger partial charge in [-0.25, -0.2) is 0 Å². The number of piperazine rings is 1. The third-order valence-electron chi connectivity index (χ3n) is 3.83. The third-order valence-corrected chi connectivity index (χ3v) is 3.83. The number of hydrogen-bond donors (Lipinski definition) is 0. The zero-order valence-corrected chi connectivity index (χ0v) is 12.9. The largest absolute Gasteiger partial charge is 0.411 e. The quantitative estimate of drug-likeness (QED) is 0.726. The number of alkyl halides is 3. The van der Waals surface area contributed by atoms with Gasteiger partial charge in [0.1, 0.15) is 18.3 Å². The van der Waals surface area contributed by atoms with Crippen LogP contribution in [0.25, 0.3) is 0 Å². The van der Waals surface area contributed by atoms with Crippen molar-refractivity contribution < 1.29 is 17.9 Å². The number of aromatic nitrogens is 3. The summed E-state index contributed by atoms with van der Waals surface area (Å²) < 4.78 is 42.5. The molecular formula is C13H22F3N5O. The highest BCUT2D eigenvalue weighted by molar-refractivity contribution is 4.93. The Kier molecular flexibility index (Phi) is 5.76. The van der Waals surface area contributed by atoms with Crippen LogP contribution in [-0.2, 0) is 18.3 Å². The summed E-state index contributed by atoms with van der Waals surface area (Å²) >= 11 is 0. The molecule has 1 aromatic heterocycles. The molecule has 9 heteroatoms. The molecule has 1 fully saturated rings. The molecule has 0 saturated carbocycles. The Hall–Kier alpha value is -1.19. The van der Waals surface area contributed by atoms with Gasteiger partial charge in [-0.2, -0.15) is 13.2 Å². The fraction of sp³-hybridized carbons (Fsp3) is 0.846. The van der Waals surface area contributed by atoms with Gasteiger partial charge in [0.15, 0.2) is 0 Å². The van der Waals surface area contributed by atoms with E-state index in [1.807, 2.05) is 18.5 Å². The number of aryl methyl sites for hydroxylation is 1. The van der Waals surface area contributed by atoms with Gasteiger partial charge in [-0.05, 0) is 6.92 Å². The number of ether oxygens (including phenoxy) is 1. The van der Waals surface area contributed by atoms with Gasteiger partial charge in [0.25, 0.3) is 0 Å². The van der Waals surface area contributed by atoms with Crippen LogP contribution in [0.3, 0.4) is 0 Å². The second-order valence-electron chi connectivity index (χ2n) is 5.51.